The molecule has 0 aliphatic rings. The zero-order chi connectivity index (χ0) is 8.97. The molecule has 3 heteroatoms. The lowest BCUT2D eigenvalue weighted by Gasteiger charge is -2.07. The van der Waals surface area contributed by atoms with Crippen LogP contribution in [-0.2, 0) is 4.79 Å². The molecule has 0 aliphatic heterocycles. The topological polar surface area (TPSA) is 29.1 Å². The van der Waals surface area contributed by atoms with Gasteiger partial charge in [-0.15, -0.1) is 11.3 Å². The summed E-state index contributed by atoms with van der Waals surface area (Å²) in [5.74, 6) is 0.102. The average Bonchev–Trinajstić information content (AvgIpc) is 2.55. The molecule has 0 aliphatic carbocycles. The first-order valence-electron chi connectivity index (χ1n) is 4.06. The maximum Gasteiger partial charge on any atom is 0.228 e. The summed E-state index contributed by atoms with van der Waals surface area (Å²) in [6.45, 7) is 4.56. The van der Waals surface area contributed by atoms with Crippen molar-refractivity contribution in [3.63, 3.8) is 0 Å². The fourth-order valence-electron chi connectivity index (χ4n) is 0.994. The van der Waals surface area contributed by atoms with E-state index in [-0.39, 0.29) is 11.8 Å². The van der Waals surface area contributed by atoms with Crippen LogP contribution in [0.25, 0.3) is 0 Å². The van der Waals surface area contributed by atoms with Gasteiger partial charge in [0.25, 0.3) is 0 Å². The van der Waals surface area contributed by atoms with Crippen molar-refractivity contribution in [3.8, 4) is 0 Å². The van der Waals surface area contributed by atoms with Gasteiger partial charge in [-0.2, -0.15) is 0 Å². The van der Waals surface area contributed by atoms with E-state index >= 15 is 0 Å². The maximum absolute atomic E-state index is 11.3. The minimum absolute atomic E-state index is 0.00931. The van der Waals surface area contributed by atoms with Crippen LogP contribution in [-0.4, -0.2) is 12.5 Å². The van der Waals surface area contributed by atoms with Crippen LogP contribution in [0, 0.1) is 0 Å². The number of amides is 1. The van der Waals surface area contributed by atoms with Gasteiger partial charge in [0.2, 0.25) is 5.91 Å². The molecule has 0 bridgehead atoms. The van der Waals surface area contributed by atoms with Crippen molar-refractivity contribution in [2.75, 3.05) is 6.54 Å². The van der Waals surface area contributed by atoms with Crippen molar-refractivity contribution in [1.29, 1.82) is 0 Å². The highest BCUT2D eigenvalue weighted by Gasteiger charge is 2.14. The van der Waals surface area contributed by atoms with E-state index in [0.29, 0.717) is 6.54 Å². The summed E-state index contributed by atoms with van der Waals surface area (Å²) in [5.41, 5.74) is 0. The van der Waals surface area contributed by atoms with Gasteiger partial charge in [-0.3, -0.25) is 4.79 Å². The third-order valence-corrected chi connectivity index (χ3v) is 2.77. The number of hydrogen-bond donors (Lipinski definition) is 1. The van der Waals surface area contributed by atoms with E-state index in [4.69, 9.17) is 0 Å². The monoisotopic (exact) mass is 183 g/mol. The smallest absolute Gasteiger partial charge is 0.228 e. The van der Waals surface area contributed by atoms with Gasteiger partial charge >= 0.3 is 0 Å². The van der Waals surface area contributed by atoms with Crippen molar-refractivity contribution >= 4 is 17.2 Å². The number of hydrogen-bond acceptors (Lipinski definition) is 2. The lowest BCUT2D eigenvalue weighted by molar-refractivity contribution is -0.122. The van der Waals surface area contributed by atoms with Crippen LogP contribution in [0.5, 0.6) is 0 Å². The van der Waals surface area contributed by atoms with Gasteiger partial charge in [0.15, 0.2) is 0 Å². The second-order valence-corrected chi connectivity index (χ2v) is 3.61. The summed E-state index contributed by atoms with van der Waals surface area (Å²) in [6.07, 6.45) is 0. The third-order valence-electron chi connectivity index (χ3n) is 1.71. The van der Waals surface area contributed by atoms with Crippen molar-refractivity contribution < 1.29 is 4.79 Å². The molecule has 0 saturated carbocycles. The number of nitrogens with one attached hydrogen (secondary N) is 1. The molecule has 0 spiro atoms. The first-order valence-corrected chi connectivity index (χ1v) is 4.94. The number of likely N-dealkylation sites (N-methyl/N-ethyl adjacent to an activating group) is 1. The molecule has 0 fully saturated rings. The SMILES string of the molecule is CCNC(=O)C(C)c1cccs1. The molecule has 0 saturated heterocycles. The van der Waals surface area contributed by atoms with Gasteiger partial charge in [0.05, 0.1) is 5.92 Å². The Morgan fingerprint density at radius 3 is 3.00 bits per heavy atom. The summed E-state index contributed by atoms with van der Waals surface area (Å²) in [4.78, 5) is 12.5. The standard InChI is InChI=1S/C9H13NOS/c1-3-10-9(11)7(2)8-5-4-6-12-8/h4-7H,3H2,1-2H3,(H,10,11). The van der Waals surface area contributed by atoms with E-state index in [1.165, 1.54) is 0 Å². The Morgan fingerprint density at radius 2 is 2.50 bits per heavy atom. The zero-order valence-corrected chi connectivity index (χ0v) is 8.15. The fraction of sp³-hybridized carbons (Fsp3) is 0.444. The molecule has 1 aromatic heterocycles. The summed E-state index contributed by atoms with van der Waals surface area (Å²) in [5, 5.41) is 4.79. The van der Waals surface area contributed by atoms with E-state index in [9.17, 15) is 4.79 Å². The number of thiophene rings is 1. The minimum atomic E-state index is -0.00931. The zero-order valence-electron chi connectivity index (χ0n) is 7.33. The van der Waals surface area contributed by atoms with Crippen LogP contribution < -0.4 is 5.32 Å². The van der Waals surface area contributed by atoms with Crippen LogP contribution in [0.15, 0.2) is 17.5 Å². The fourth-order valence-corrected chi connectivity index (χ4v) is 1.78. The van der Waals surface area contributed by atoms with Gasteiger partial charge in [-0.1, -0.05) is 6.07 Å². The molecule has 1 rings (SSSR count). The number of carbonyl (C=O) groups excluding carboxylic acids is 1. The summed E-state index contributed by atoms with van der Waals surface area (Å²) < 4.78 is 0. The van der Waals surface area contributed by atoms with E-state index in [1.54, 1.807) is 11.3 Å². The highest BCUT2D eigenvalue weighted by Crippen LogP contribution is 2.20. The highest BCUT2D eigenvalue weighted by atomic mass is 32.1. The molecule has 12 heavy (non-hydrogen) atoms. The quantitative estimate of drug-likeness (QED) is 0.763. The first-order chi connectivity index (χ1) is 5.75. The molecule has 1 atom stereocenters. The van der Waals surface area contributed by atoms with E-state index in [1.807, 2.05) is 31.4 Å². The number of rotatable bonds is 3. The Labute approximate surface area is 76.6 Å². The van der Waals surface area contributed by atoms with Gasteiger partial charge in [-0.05, 0) is 25.3 Å². The normalized spacial score (nSPS) is 12.5. The second-order valence-electron chi connectivity index (χ2n) is 2.63. The summed E-state index contributed by atoms with van der Waals surface area (Å²) >= 11 is 1.62. The van der Waals surface area contributed by atoms with E-state index in [2.05, 4.69) is 5.32 Å². The van der Waals surface area contributed by atoms with Gasteiger partial charge < -0.3 is 5.32 Å². The molecule has 1 N–H and O–H groups in total. The van der Waals surface area contributed by atoms with Crippen molar-refractivity contribution in [2.24, 2.45) is 0 Å². The van der Waals surface area contributed by atoms with Crippen LogP contribution in [0.3, 0.4) is 0 Å². The summed E-state index contributed by atoms with van der Waals surface area (Å²) in [6, 6.07) is 3.96. The largest absolute Gasteiger partial charge is 0.356 e. The molecule has 0 aromatic carbocycles. The minimum Gasteiger partial charge on any atom is -0.356 e. The van der Waals surface area contributed by atoms with Gasteiger partial charge in [-0.25, -0.2) is 0 Å². The first kappa shape index (κ1) is 9.26. The lowest BCUT2D eigenvalue weighted by Crippen LogP contribution is -2.27. The molecule has 1 amide bonds. The summed E-state index contributed by atoms with van der Waals surface area (Å²) in [7, 11) is 0. The predicted molar refractivity (Wildman–Crippen MR) is 51.4 cm³/mol. The third kappa shape index (κ3) is 2.08. The van der Waals surface area contributed by atoms with E-state index < -0.39 is 0 Å². The Balaban J connectivity index is 2.59. The molecular formula is C9H13NOS. The molecule has 0 radical (unpaired) electrons. The molecule has 1 unspecified atom stereocenters. The Bertz CT molecular complexity index is 243. The highest BCUT2D eigenvalue weighted by molar-refractivity contribution is 7.10. The second kappa shape index (κ2) is 4.26. The van der Waals surface area contributed by atoms with Gasteiger partial charge in [0.1, 0.15) is 0 Å². The van der Waals surface area contributed by atoms with Crippen LogP contribution in [0.1, 0.15) is 24.6 Å². The Morgan fingerprint density at radius 1 is 1.75 bits per heavy atom. The number of carbonyl (C=O) groups is 1. The van der Waals surface area contributed by atoms with Crippen LogP contribution >= 0.6 is 11.3 Å². The van der Waals surface area contributed by atoms with Crippen LogP contribution in [0.4, 0.5) is 0 Å². The van der Waals surface area contributed by atoms with Crippen molar-refractivity contribution in [2.45, 2.75) is 19.8 Å². The molecule has 2 nitrogen and oxygen atoms in total. The molecule has 1 heterocycles. The molecular weight excluding hydrogens is 170 g/mol. The van der Waals surface area contributed by atoms with Crippen molar-refractivity contribution in [3.05, 3.63) is 22.4 Å². The van der Waals surface area contributed by atoms with Crippen molar-refractivity contribution in [1.82, 2.24) is 5.32 Å². The van der Waals surface area contributed by atoms with Gasteiger partial charge in [0, 0.05) is 11.4 Å². The average molecular weight is 183 g/mol. The Hall–Kier alpha value is -0.830. The maximum atomic E-state index is 11.3. The lowest BCUT2D eigenvalue weighted by atomic mass is 10.1. The predicted octanol–water partition coefficient (Wildman–Crippen LogP) is 1.99. The van der Waals surface area contributed by atoms with E-state index in [0.717, 1.165) is 4.88 Å². The van der Waals surface area contributed by atoms with Crippen LogP contribution in [0.2, 0.25) is 0 Å². The molecule has 1 aromatic rings. The molecule has 66 valence electrons. The Kier molecular flexibility index (Phi) is 3.29.